The van der Waals surface area contributed by atoms with Crippen LogP contribution in [0.4, 0.5) is 0 Å². The molecule has 0 fully saturated rings. The van der Waals surface area contributed by atoms with Crippen LogP contribution in [0.25, 0.3) is 21.6 Å². The maximum atomic E-state index is 4.66. The minimum Gasteiger partial charge on any atom is -0.256 e. The zero-order valence-electron chi connectivity index (χ0n) is 11.9. The van der Waals surface area contributed by atoms with Gasteiger partial charge in [0.1, 0.15) is 17.0 Å². The molecule has 4 aromatic rings. The predicted octanol–water partition coefficient (Wildman–Crippen LogP) is 2.73. The van der Waals surface area contributed by atoms with Gasteiger partial charge in [-0.2, -0.15) is 4.52 Å². The van der Waals surface area contributed by atoms with Gasteiger partial charge in [-0.3, -0.25) is 4.40 Å². The molecular weight excluding hydrogens is 284 g/mol. The predicted molar refractivity (Wildman–Crippen MR) is 81.0 cm³/mol. The lowest BCUT2D eigenvalue weighted by Gasteiger charge is -2.18. The number of hydrogen-bond acceptors (Lipinski definition) is 5. The van der Waals surface area contributed by atoms with Crippen molar-refractivity contribution < 1.29 is 0 Å². The molecule has 0 spiro atoms. The second kappa shape index (κ2) is 3.79. The van der Waals surface area contributed by atoms with Gasteiger partial charge in [-0.1, -0.05) is 6.92 Å². The summed E-state index contributed by atoms with van der Waals surface area (Å²) in [4.78, 5) is 7.36. The standard InChI is InChI=1S/C14H14N6S/c1-7-4-3-5-9-10(7)11-12-16-8(2)18-20(12)14-17-15-6-19(14)13(11)21-9/h6-7H,3-5H2,1-2H3/t7-/m1/s1. The molecule has 1 aliphatic rings. The van der Waals surface area contributed by atoms with E-state index in [4.69, 9.17) is 0 Å². The highest BCUT2D eigenvalue weighted by Crippen LogP contribution is 2.43. The van der Waals surface area contributed by atoms with Crippen LogP contribution < -0.4 is 0 Å². The molecule has 6 nitrogen and oxygen atoms in total. The fourth-order valence-electron chi connectivity index (χ4n) is 3.52. The SMILES string of the molecule is Cc1nc2c3c4c(sc3n3cnnc3n2n1)CCC[C@H]4C. The number of hydrogen-bond donors (Lipinski definition) is 0. The van der Waals surface area contributed by atoms with Crippen molar-refractivity contribution >= 4 is 33.0 Å². The Kier molecular flexibility index (Phi) is 2.10. The smallest absolute Gasteiger partial charge is 0.256 e. The summed E-state index contributed by atoms with van der Waals surface area (Å²) in [5, 5.41) is 14.0. The number of fused-ring (bicyclic) bond motifs is 8. The second-order valence-corrected chi connectivity index (χ2v) is 6.89. The van der Waals surface area contributed by atoms with Gasteiger partial charge in [0.25, 0.3) is 5.78 Å². The third-order valence-corrected chi connectivity index (χ3v) is 5.68. The molecule has 0 radical (unpaired) electrons. The Labute approximate surface area is 124 Å². The number of rotatable bonds is 0. The average Bonchev–Trinajstić information content (AvgIpc) is 3.12. The highest BCUT2D eigenvalue weighted by molar-refractivity contribution is 7.19. The maximum absolute atomic E-state index is 4.66. The zero-order valence-corrected chi connectivity index (χ0v) is 12.7. The van der Waals surface area contributed by atoms with Crippen LogP contribution in [-0.4, -0.2) is 29.2 Å². The van der Waals surface area contributed by atoms with E-state index >= 15 is 0 Å². The van der Waals surface area contributed by atoms with Crippen LogP contribution in [0.1, 0.15) is 41.9 Å². The van der Waals surface area contributed by atoms with Crippen molar-refractivity contribution in [3.8, 4) is 0 Å². The van der Waals surface area contributed by atoms with E-state index in [0.29, 0.717) is 5.92 Å². The molecule has 0 amide bonds. The Hall–Kier alpha value is -2.02. The molecular formula is C14H14N6S. The van der Waals surface area contributed by atoms with Crippen molar-refractivity contribution in [3.63, 3.8) is 0 Å². The lowest BCUT2D eigenvalue weighted by atomic mass is 9.87. The molecule has 0 N–H and O–H groups in total. The van der Waals surface area contributed by atoms with E-state index in [1.807, 2.05) is 27.2 Å². The first-order valence-electron chi connectivity index (χ1n) is 7.24. The summed E-state index contributed by atoms with van der Waals surface area (Å²) in [7, 11) is 0. The van der Waals surface area contributed by atoms with Crippen LogP contribution in [0.3, 0.4) is 0 Å². The van der Waals surface area contributed by atoms with Crippen LogP contribution in [0.5, 0.6) is 0 Å². The summed E-state index contributed by atoms with van der Waals surface area (Å²) in [5.41, 5.74) is 2.39. The number of aryl methyl sites for hydroxylation is 2. The lowest BCUT2D eigenvalue weighted by Crippen LogP contribution is -2.05. The second-order valence-electron chi connectivity index (χ2n) is 5.81. The van der Waals surface area contributed by atoms with Gasteiger partial charge in [-0.15, -0.1) is 26.6 Å². The van der Waals surface area contributed by atoms with Crippen LogP contribution in [0, 0.1) is 6.92 Å². The highest BCUT2D eigenvalue weighted by atomic mass is 32.1. The van der Waals surface area contributed by atoms with Crippen molar-refractivity contribution in [1.29, 1.82) is 0 Å². The summed E-state index contributed by atoms with van der Waals surface area (Å²) >= 11 is 1.86. The summed E-state index contributed by atoms with van der Waals surface area (Å²) in [6, 6.07) is 0. The van der Waals surface area contributed by atoms with E-state index in [1.54, 1.807) is 6.33 Å². The van der Waals surface area contributed by atoms with Crippen molar-refractivity contribution in [2.24, 2.45) is 0 Å². The molecule has 1 atom stereocenters. The van der Waals surface area contributed by atoms with Gasteiger partial charge in [-0.05, 0) is 37.7 Å². The van der Waals surface area contributed by atoms with Gasteiger partial charge in [0, 0.05) is 4.88 Å². The number of nitrogens with zero attached hydrogens (tertiary/aromatic N) is 6. The van der Waals surface area contributed by atoms with Gasteiger partial charge < -0.3 is 0 Å². The largest absolute Gasteiger partial charge is 0.259 e. The zero-order chi connectivity index (χ0) is 14.1. The van der Waals surface area contributed by atoms with E-state index in [9.17, 15) is 0 Å². The Morgan fingerprint density at radius 3 is 3.19 bits per heavy atom. The molecule has 0 aliphatic heterocycles. The summed E-state index contributed by atoms with van der Waals surface area (Å²) in [6.07, 6.45) is 5.47. The lowest BCUT2D eigenvalue weighted by molar-refractivity contribution is 0.602. The molecule has 0 saturated carbocycles. The first-order chi connectivity index (χ1) is 10.2. The number of aromatic nitrogens is 6. The van der Waals surface area contributed by atoms with E-state index < -0.39 is 0 Å². The molecule has 0 aromatic carbocycles. The van der Waals surface area contributed by atoms with E-state index in [1.165, 1.54) is 39.9 Å². The molecule has 0 bridgehead atoms. The molecule has 1 aliphatic carbocycles. The molecule has 0 saturated heterocycles. The molecule has 5 rings (SSSR count). The van der Waals surface area contributed by atoms with Crippen LogP contribution in [0.2, 0.25) is 0 Å². The molecule has 7 heteroatoms. The van der Waals surface area contributed by atoms with Crippen molar-refractivity contribution in [2.75, 3.05) is 0 Å². The van der Waals surface area contributed by atoms with Gasteiger partial charge >= 0.3 is 0 Å². The van der Waals surface area contributed by atoms with Gasteiger partial charge in [-0.25, -0.2) is 4.98 Å². The van der Waals surface area contributed by atoms with Crippen molar-refractivity contribution in [3.05, 3.63) is 22.6 Å². The number of thiophene rings is 1. The van der Waals surface area contributed by atoms with Gasteiger partial charge in [0.2, 0.25) is 0 Å². The normalized spacial score (nSPS) is 18.9. The topological polar surface area (TPSA) is 60.4 Å². The van der Waals surface area contributed by atoms with Gasteiger partial charge in [0.05, 0.1) is 5.39 Å². The monoisotopic (exact) mass is 298 g/mol. The third kappa shape index (κ3) is 1.37. The fraction of sp³-hybridized carbons (Fsp3) is 0.429. The van der Waals surface area contributed by atoms with Crippen LogP contribution in [-0.2, 0) is 6.42 Å². The van der Waals surface area contributed by atoms with Crippen LogP contribution in [0.15, 0.2) is 6.33 Å². The van der Waals surface area contributed by atoms with Crippen molar-refractivity contribution in [2.45, 2.75) is 39.0 Å². The first-order valence-corrected chi connectivity index (χ1v) is 8.06. The third-order valence-electron chi connectivity index (χ3n) is 4.41. The molecule has 21 heavy (non-hydrogen) atoms. The summed E-state index contributed by atoms with van der Waals surface area (Å²) in [5.74, 6) is 2.09. The highest BCUT2D eigenvalue weighted by Gasteiger charge is 2.26. The maximum Gasteiger partial charge on any atom is 0.259 e. The first kappa shape index (κ1) is 11.6. The molecule has 4 aromatic heterocycles. The Bertz CT molecular complexity index is 1010. The Morgan fingerprint density at radius 2 is 2.29 bits per heavy atom. The van der Waals surface area contributed by atoms with E-state index in [-0.39, 0.29) is 0 Å². The van der Waals surface area contributed by atoms with Crippen LogP contribution >= 0.6 is 11.3 Å². The van der Waals surface area contributed by atoms with Crippen molar-refractivity contribution in [1.82, 2.24) is 29.2 Å². The molecule has 0 unspecified atom stereocenters. The minimum atomic E-state index is 0.581. The average molecular weight is 298 g/mol. The van der Waals surface area contributed by atoms with E-state index in [2.05, 4.69) is 27.2 Å². The quantitative estimate of drug-likeness (QED) is 0.501. The molecule has 106 valence electrons. The fourth-order valence-corrected chi connectivity index (χ4v) is 4.94. The van der Waals surface area contributed by atoms with Gasteiger partial charge in [0.15, 0.2) is 5.65 Å². The minimum absolute atomic E-state index is 0.581. The summed E-state index contributed by atoms with van der Waals surface area (Å²) < 4.78 is 3.88. The molecule has 4 heterocycles. The van der Waals surface area contributed by atoms with E-state index in [0.717, 1.165) is 17.2 Å². The summed E-state index contributed by atoms with van der Waals surface area (Å²) in [6.45, 7) is 4.24. The Balaban J connectivity index is 2.11. The Morgan fingerprint density at radius 1 is 1.38 bits per heavy atom.